The topological polar surface area (TPSA) is 57.9 Å². The lowest BCUT2D eigenvalue weighted by molar-refractivity contribution is 0.109. The van der Waals surface area contributed by atoms with Crippen LogP contribution in [0.25, 0.3) is 0 Å². The Hall–Kier alpha value is -1.60. The number of carbonyl (C=O) groups is 2. The molecule has 0 aliphatic carbocycles. The summed E-state index contributed by atoms with van der Waals surface area (Å²) in [5.41, 5.74) is 0.749. The number of nitriles is 1. The van der Waals surface area contributed by atoms with E-state index >= 15 is 0 Å². The maximum absolute atomic E-state index is 10.5. The van der Waals surface area contributed by atoms with Gasteiger partial charge in [-0.25, -0.2) is 0 Å². The molecule has 0 aliphatic heterocycles. The molecule has 0 spiro atoms. The summed E-state index contributed by atoms with van der Waals surface area (Å²) in [6.45, 7) is 0. The number of carbonyl (C=O) groups excluding carboxylic acids is 2. The Morgan fingerprint density at radius 2 is 1.77 bits per heavy atom. The van der Waals surface area contributed by atoms with Crippen molar-refractivity contribution in [3.8, 4) is 6.07 Å². The molecule has 64 valence electrons. The van der Waals surface area contributed by atoms with Gasteiger partial charge in [0.1, 0.15) is 6.07 Å². The number of aldehydes is 2. The van der Waals surface area contributed by atoms with E-state index in [1.54, 1.807) is 0 Å². The van der Waals surface area contributed by atoms with Gasteiger partial charge >= 0.3 is 0 Å². The molecule has 0 heterocycles. The van der Waals surface area contributed by atoms with Crippen LogP contribution in [0.2, 0.25) is 0 Å². The molecule has 0 aliphatic rings. The smallest absolute Gasteiger partial charge is 0.150 e. The Morgan fingerprint density at radius 3 is 2.23 bits per heavy atom. The van der Waals surface area contributed by atoms with Crippen molar-refractivity contribution < 1.29 is 9.59 Å². The molecule has 1 aromatic carbocycles. The van der Waals surface area contributed by atoms with Gasteiger partial charge in [-0.3, -0.25) is 9.59 Å². The molecule has 0 bridgehead atoms. The van der Waals surface area contributed by atoms with Crippen molar-refractivity contribution in [1.82, 2.24) is 0 Å². The summed E-state index contributed by atoms with van der Waals surface area (Å²) >= 11 is 3.99. The molecule has 0 saturated heterocycles. The molecular formula is C9H5NO2S. The fraction of sp³-hybridized carbons (Fsp3) is 0. The Labute approximate surface area is 80.4 Å². The zero-order valence-corrected chi connectivity index (χ0v) is 7.41. The molecule has 0 fully saturated rings. The Bertz CT molecular complexity index is 407. The first kappa shape index (κ1) is 9.49. The van der Waals surface area contributed by atoms with Gasteiger partial charge < -0.3 is 0 Å². The molecule has 0 saturated carbocycles. The average molecular weight is 191 g/mol. The van der Waals surface area contributed by atoms with Gasteiger partial charge in [-0.15, -0.1) is 12.6 Å². The van der Waals surface area contributed by atoms with Crippen LogP contribution in [0.1, 0.15) is 26.3 Å². The van der Waals surface area contributed by atoms with E-state index in [0.29, 0.717) is 17.5 Å². The largest absolute Gasteiger partial charge is 0.298 e. The molecule has 13 heavy (non-hydrogen) atoms. The molecular weight excluding hydrogens is 186 g/mol. The molecule has 0 N–H and O–H groups in total. The summed E-state index contributed by atoms with van der Waals surface area (Å²) in [6, 6.07) is 4.62. The van der Waals surface area contributed by atoms with E-state index in [1.807, 2.05) is 6.07 Å². The molecule has 0 unspecified atom stereocenters. The molecule has 4 heteroatoms. The van der Waals surface area contributed by atoms with Gasteiger partial charge in [0.15, 0.2) is 12.6 Å². The normalized spacial score (nSPS) is 8.92. The monoisotopic (exact) mass is 191 g/mol. The van der Waals surface area contributed by atoms with Crippen LogP contribution in [-0.2, 0) is 0 Å². The van der Waals surface area contributed by atoms with E-state index in [1.165, 1.54) is 12.1 Å². The lowest BCUT2D eigenvalue weighted by Gasteiger charge is -2.00. The lowest BCUT2D eigenvalue weighted by Crippen LogP contribution is -1.93. The van der Waals surface area contributed by atoms with Crippen molar-refractivity contribution in [1.29, 1.82) is 5.26 Å². The second-order valence-corrected chi connectivity index (χ2v) is 2.83. The maximum atomic E-state index is 10.5. The van der Waals surface area contributed by atoms with Gasteiger partial charge in [-0.05, 0) is 12.1 Å². The molecule has 0 atom stereocenters. The third kappa shape index (κ3) is 1.76. The minimum atomic E-state index is 0.212. The second-order valence-electron chi connectivity index (χ2n) is 2.35. The van der Waals surface area contributed by atoms with Gasteiger partial charge in [0, 0.05) is 16.0 Å². The summed E-state index contributed by atoms with van der Waals surface area (Å²) in [5, 5.41) is 8.60. The third-order valence-corrected chi connectivity index (χ3v) is 1.95. The minimum absolute atomic E-state index is 0.212. The van der Waals surface area contributed by atoms with Gasteiger partial charge in [0.05, 0.1) is 5.56 Å². The van der Waals surface area contributed by atoms with Crippen LogP contribution >= 0.6 is 12.6 Å². The van der Waals surface area contributed by atoms with Gasteiger partial charge in [0.2, 0.25) is 0 Å². The minimum Gasteiger partial charge on any atom is -0.298 e. The predicted octanol–water partition coefficient (Wildman–Crippen LogP) is 1.47. The fourth-order valence-electron chi connectivity index (χ4n) is 0.915. The van der Waals surface area contributed by atoms with E-state index in [4.69, 9.17) is 5.26 Å². The van der Waals surface area contributed by atoms with Gasteiger partial charge in [0.25, 0.3) is 0 Å². The molecule has 0 amide bonds. The Morgan fingerprint density at radius 1 is 1.23 bits per heavy atom. The molecule has 3 nitrogen and oxygen atoms in total. The number of thiol groups is 1. The third-order valence-electron chi connectivity index (χ3n) is 1.58. The highest BCUT2D eigenvalue weighted by Gasteiger charge is 2.05. The maximum Gasteiger partial charge on any atom is 0.150 e. The predicted molar refractivity (Wildman–Crippen MR) is 49.2 cm³/mol. The summed E-state index contributed by atoms with van der Waals surface area (Å²) in [7, 11) is 0. The lowest BCUT2D eigenvalue weighted by atomic mass is 10.1. The number of hydrogen-bond donors (Lipinski definition) is 1. The summed E-state index contributed by atoms with van der Waals surface area (Å²) in [6.07, 6.45) is 1.10. The first-order valence-corrected chi connectivity index (χ1v) is 3.85. The van der Waals surface area contributed by atoms with Gasteiger partial charge in [-0.1, -0.05) is 0 Å². The first-order valence-electron chi connectivity index (χ1n) is 3.40. The zero-order chi connectivity index (χ0) is 9.84. The number of rotatable bonds is 2. The van der Waals surface area contributed by atoms with E-state index in [0.717, 1.165) is 0 Å². The molecule has 1 rings (SSSR count). The zero-order valence-electron chi connectivity index (χ0n) is 6.52. The number of nitrogens with zero attached hydrogens (tertiary/aromatic N) is 1. The number of hydrogen-bond acceptors (Lipinski definition) is 4. The quantitative estimate of drug-likeness (QED) is 0.569. The Kier molecular flexibility index (Phi) is 2.83. The summed E-state index contributed by atoms with van der Waals surface area (Å²) in [4.78, 5) is 21.3. The highest BCUT2D eigenvalue weighted by Crippen LogP contribution is 2.17. The van der Waals surface area contributed by atoms with Crippen LogP contribution in [-0.4, -0.2) is 12.6 Å². The van der Waals surface area contributed by atoms with Crippen molar-refractivity contribution in [3.63, 3.8) is 0 Å². The highest BCUT2D eigenvalue weighted by atomic mass is 32.1. The van der Waals surface area contributed by atoms with Crippen LogP contribution in [0, 0.1) is 11.3 Å². The van der Waals surface area contributed by atoms with Crippen LogP contribution in [0.15, 0.2) is 17.0 Å². The van der Waals surface area contributed by atoms with Crippen molar-refractivity contribution in [3.05, 3.63) is 28.8 Å². The highest BCUT2D eigenvalue weighted by molar-refractivity contribution is 7.80. The fourth-order valence-corrected chi connectivity index (χ4v) is 1.17. The molecule has 1 aromatic rings. The molecule has 0 aromatic heterocycles. The number of benzene rings is 1. The van der Waals surface area contributed by atoms with Crippen LogP contribution in [0.4, 0.5) is 0 Å². The molecule has 0 radical (unpaired) electrons. The van der Waals surface area contributed by atoms with Crippen molar-refractivity contribution >= 4 is 25.2 Å². The average Bonchev–Trinajstić information content (AvgIpc) is 2.17. The van der Waals surface area contributed by atoms with Gasteiger partial charge in [-0.2, -0.15) is 5.26 Å². The van der Waals surface area contributed by atoms with E-state index in [9.17, 15) is 9.59 Å². The standard InChI is InChI=1S/C9H5NO2S/c10-3-6-1-7(4-11)8(5-12)2-9(6)13/h1-2,4-5,13H. The van der Waals surface area contributed by atoms with Crippen LogP contribution in [0.5, 0.6) is 0 Å². The SMILES string of the molecule is N#Cc1cc(C=O)c(C=O)cc1S. The summed E-state index contributed by atoms with van der Waals surface area (Å²) < 4.78 is 0. The van der Waals surface area contributed by atoms with E-state index in [-0.39, 0.29) is 16.7 Å². The van der Waals surface area contributed by atoms with Crippen LogP contribution in [0.3, 0.4) is 0 Å². The van der Waals surface area contributed by atoms with E-state index in [2.05, 4.69) is 12.6 Å². The first-order chi connectivity index (χ1) is 6.22. The van der Waals surface area contributed by atoms with Crippen LogP contribution < -0.4 is 0 Å². The second kappa shape index (κ2) is 3.87. The summed E-state index contributed by atoms with van der Waals surface area (Å²) in [5.74, 6) is 0. The van der Waals surface area contributed by atoms with Crippen molar-refractivity contribution in [2.45, 2.75) is 4.90 Å². The van der Waals surface area contributed by atoms with E-state index < -0.39 is 0 Å². The van der Waals surface area contributed by atoms with Crippen molar-refractivity contribution in [2.75, 3.05) is 0 Å². The van der Waals surface area contributed by atoms with Crippen molar-refractivity contribution in [2.24, 2.45) is 0 Å². The Balaban J connectivity index is 3.45.